The minimum absolute atomic E-state index is 0.0102. The van der Waals surface area contributed by atoms with E-state index < -0.39 is 4.92 Å². The van der Waals surface area contributed by atoms with E-state index in [0.717, 1.165) is 5.56 Å². The van der Waals surface area contributed by atoms with Crippen LogP contribution in [-0.4, -0.2) is 16.6 Å². The van der Waals surface area contributed by atoms with Gasteiger partial charge in [0.2, 0.25) is 5.91 Å². The van der Waals surface area contributed by atoms with Crippen LogP contribution in [0.15, 0.2) is 54.6 Å². The lowest BCUT2D eigenvalue weighted by Crippen LogP contribution is -2.27. The Morgan fingerprint density at radius 1 is 1.14 bits per heavy atom. The van der Waals surface area contributed by atoms with Gasteiger partial charge >= 0.3 is 0 Å². The fraction of sp³-hybridized carbons (Fsp3) is 0.133. The molecule has 1 amide bonds. The molecule has 0 aromatic heterocycles. The van der Waals surface area contributed by atoms with Crippen LogP contribution in [0.4, 0.5) is 11.4 Å². The molecule has 21 heavy (non-hydrogen) atoms. The Balaban J connectivity index is 2.00. The van der Waals surface area contributed by atoms with Crippen molar-refractivity contribution in [1.82, 2.24) is 0 Å². The van der Waals surface area contributed by atoms with Crippen molar-refractivity contribution in [2.24, 2.45) is 0 Å². The van der Waals surface area contributed by atoms with E-state index in [2.05, 4.69) is 0 Å². The summed E-state index contributed by atoms with van der Waals surface area (Å²) >= 11 is 1.53. The topological polar surface area (TPSA) is 63.5 Å². The summed E-state index contributed by atoms with van der Waals surface area (Å²) in [5.74, 6) is 0.344. The molecule has 0 saturated carbocycles. The molecule has 6 heteroatoms. The van der Waals surface area contributed by atoms with Gasteiger partial charge in [-0.3, -0.25) is 19.8 Å². The molecule has 1 aliphatic heterocycles. The Morgan fingerprint density at radius 2 is 1.90 bits per heavy atom. The van der Waals surface area contributed by atoms with Crippen molar-refractivity contribution in [3.63, 3.8) is 0 Å². The molecule has 0 bridgehead atoms. The average Bonchev–Trinajstić information content (AvgIpc) is 2.90. The number of nitro benzene ring substituents is 1. The second-order valence-corrected chi connectivity index (χ2v) is 5.68. The molecule has 0 unspecified atom stereocenters. The first kappa shape index (κ1) is 13.6. The van der Waals surface area contributed by atoms with E-state index in [4.69, 9.17) is 0 Å². The lowest BCUT2D eigenvalue weighted by atomic mass is 10.2. The Labute approximate surface area is 125 Å². The van der Waals surface area contributed by atoms with Crippen LogP contribution in [0, 0.1) is 10.1 Å². The van der Waals surface area contributed by atoms with E-state index in [1.807, 2.05) is 30.3 Å². The van der Waals surface area contributed by atoms with E-state index in [-0.39, 0.29) is 17.0 Å². The zero-order chi connectivity index (χ0) is 14.8. The number of non-ortho nitro benzene ring substituents is 1. The summed E-state index contributed by atoms with van der Waals surface area (Å²) in [5.41, 5.74) is 1.57. The van der Waals surface area contributed by atoms with E-state index in [1.54, 1.807) is 17.0 Å². The van der Waals surface area contributed by atoms with Crippen LogP contribution in [0.1, 0.15) is 10.9 Å². The van der Waals surface area contributed by atoms with Crippen LogP contribution in [0.2, 0.25) is 0 Å². The SMILES string of the molecule is O=C1CS[C@H](c2ccccc2)N1c1cccc([N+](=O)[O-])c1. The first-order valence-corrected chi connectivity index (χ1v) is 7.45. The van der Waals surface area contributed by atoms with Gasteiger partial charge in [-0.25, -0.2) is 0 Å². The number of anilines is 1. The van der Waals surface area contributed by atoms with Crippen LogP contribution in [0.5, 0.6) is 0 Å². The summed E-state index contributed by atoms with van der Waals surface area (Å²) in [6.07, 6.45) is 0. The maximum absolute atomic E-state index is 12.2. The van der Waals surface area contributed by atoms with Gasteiger partial charge in [-0.05, 0) is 11.6 Å². The summed E-state index contributed by atoms with van der Waals surface area (Å²) in [7, 11) is 0. The molecule has 1 aliphatic rings. The molecule has 1 saturated heterocycles. The number of amides is 1. The van der Waals surface area contributed by atoms with Crippen molar-refractivity contribution < 1.29 is 9.72 Å². The third-order valence-electron chi connectivity index (χ3n) is 3.27. The molecule has 5 nitrogen and oxygen atoms in total. The molecule has 0 spiro atoms. The van der Waals surface area contributed by atoms with Crippen molar-refractivity contribution in [1.29, 1.82) is 0 Å². The van der Waals surface area contributed by atoms with Crippen LogP contribution in [-0.2, 0) is 4.79 Å². The van der Waals surface area contributed by atoms with Crippen molar-refractivity contribution in [2.75, 3.05) is 10.7 Å². The molecule has 0 N–H and O–H groups in total. The summed E-state index contributed by atoms with van der Waals surface area (Å²) in [4.78, 5) is 24.3. The van der Waals surface area contributed by atoms with Crippen molar-refractivity contribution in [3.8, 4) is 0 Å². The van der Waals surface area contributed by atoms with Gasteiger partial charge in [-0.1, -0.05) is 36.4 Å². The predicted molar refractivity (Wildman–Crippen MR) is 82.2 cm³/mol. The smallest absolute Gasteiger partial charge is 0.271 e. The molecule has 3 rings (SSSR count). The molecule has 2 aromatic rings. The molecule has 0 radical (unpaired) electrons. The third-order valence-corrected chi connectivity index (χ3v) is 4.48. The molecule has 1 atom stereocenters. The highest BCUT2D eigenvalue weighted by molar-refractivity contribution is 8.00. The number of nitro groups is 1. The lowest BCUT2D eigenvalue weighted by Gasteiger charge is -2.24. The highest BCUT2D eigenvalue weighted by Crippen LogP contribution is 2.42. The number of nitrogens with zero attached hydrogens (tertiary/aromatic N) is 2. The summed E-state index contributed by atoms with van der Waals surface area (Å²) in [5, 5.41) is 10.8. The molecule has 2 aromatic carbocycles. The maximum atomic E-state index is 12.2. The van der Waals surface area contributed by atoms with Crippen molar-refractivity contribution >= 4 is 29.0 Å². The number of rotatable bonds is 3. The first-order chi connectivity index (χ1) is 10.2. The number of carbonyl (C=O) groups is 1. The molecule has 106 valence electrons. The molecule has 0 aliphatic carbocycles. The van der Waals surface area contributed by atoms with Crippen molar-refractivity contribution in [2.45, 2.75) is 5.37 Å². The lowest BCUT2D eigenvalue weighted by molar-refractivity contribution is -0.384. The second-order valence-electron chi connectivity index (χ2n) is 4.61. The number of carbonyl (C=O) groups excluding carboxylic acids is 1. The Hall–Kier alpha value is -2.34. The Kier molecular flexibility index (Phi) is 3.62. The standard InChI is InChI=1S/C15H12N2O3S/c18-14-10-21-15(11-5-2-1-3-6-11)16(14)12-7-4-8-13(9-12)17(19)20/h1-9,15H,10H2/t15-/m1/s1. The quantitative estimate of drug-likeness (QED) is 0.644. The van der Waals surface area contributed by atoms with Gasteiger partial charge in [0.1, 0.15) is 5.37 Å². The normalized spacial score (nSPS) is 18.0. The Morgan fingerprint density at radius 3 is 2.62 bits per heavy atom. The van der Waals surface area contributed by atoms with Crippen molar-refractivity contribution in [3.05, 3.63) is 70.3 Å². The number of thioether (sulfide) groups is 1. The predicted octanol–water partition coefficient (Wildman–Crippen LogP) is 3.37. The van der Waals surface area contributed by atoms with Gasteiger partial charge in [0.25, 0.3) is 5.69 Å². The highest BCUT2D eigenvalue weighted by Gasteiger charge is 2.34. The van der Waals surface area contributed by atoms with E-state index in [0.29, 0.717) is 11.4 Å². The first-order valence-electron chi connectivity index (χ1n) is 6.40. The third kappa shape index (κ3) is 2.62. The molecular weight excluding hydrogens is 288 g/mol. The van der Waals surface area contributed by atoms with Gasteiger partial charge < -0.3 is 0 Å². The number of hydrogen-bond donors (Lipinski definition) is 0. The zero-order valence-corrected chi connectivity index (χ0v) is 11.8. The maximum Gasteiger partial charge on any atom is 0.271 e. The van der Waals surface area contributed by atoms with E-state index in [9.17, 15) is 14.9 Å². The largest absolute Gasteiger partial charge is 0.295 e. The molecule has 1 fully saturated rings. The summed E-state index contributed by atoms with van der Waals surface area (Å²) in [6.45, 7) is 0. The monoisotopic (exact) mass is 300 g/mol. The van der Waals surface area contributed by atoms with E-state index in [1.165, 1.54) is 23.9 Å². The minimum atomic E-state index is -0.450. The van der Waals surface area contributed by atoms with Gasteiger partial charge in [0, 0.05) is 12.1 Å². The Bertz CT molecular complexity index is 690. The van der Waals surface area contributed by atoms with Gasteiger partial charge in [-0.15, -0.1) is 11.8 Å². The second kappa shape index (κ2) is 5.57. The van der Waals surface area contributed by atoms with Crippen LogP contribution in [0.25, 0.3) is 0 Å². The van der Waals surface area contributed by atoms with Crippen LogP contribution >= 0.6 is 11.8 Å². The van der Waals surface area contributed by atoms with E-state index >= 15 is 0 Å². The molecular formula is C15H12N2O3S. The van der Waals surface area contributed by atoms with Crippen LogP contribution in [0.3, 0.4) is 0 Å². The number of benzene rings is 2. The summed E-state index contributed by atoms with van der Waals surface area (Å²) < 4.78 is 0. The van der Waals surface area contributed by atoms with Crippen LogP contribution < -0.4 is 4.90 Å². The zero-order valence-electron chi connectivity index (χ0n) is 11.0. The van der Waals surface area contributed by atoms with Gasteiger partial charge in [-0.2, -0.15) is 0 Å². The fourth-order valence-corrected chi connectivity index (χ4v) is 3.50. The fourth-order valence-electron chi connectivity index (χ4n) is 2.32. The highest BCUT2D eigenvalue weighted by atomic mass is 32.2. The molecule has 1 heterocycles. The number of hydrogen-bond acceptors (Lipinski definition) is 4. The average molecular weight is 300 g/mol. The van der Waals surface area contributed by atoms with Gasteiger partial charge in [0.15, 0.2) is 0 Å². The van der Waals surface area contributed by atoms with Gasteiger partial charge in [0.05, 0.1) is 16.4 Å². The minimum Gasteiger partial charge on any atom is -0.295 e. The summed E-state index contributed by atoms with van der Waals surface area (Å²) in [6, 6.07) is 15.9.